The number of hydrogen-bond donors (Lipinski definition) is 1. The quantitative estimate of drug-likeness (QED) is 0.641. The van der Waals surface area contributed by atoms with Gasteiger partial charge in [0, 0.05) is 18.8 Å². The molecule has 1 heterocycles. The molecule has 1 saturated carbocycles. The lowest BCUT2D eigenvalue weighted by molar-refractivity contribution is -0.122. The maximum atomic E-state index is 11.4. The van der Waals surface area contributed by atoms with E-state index >= 15 is 0 Å². The largest absolute Gasteiger partial charge is 0.274 e. The molecule has 1 aromatic carbocycles. The minimum absolute atomic E-state index is 0.0115. The predicted molar refractivity (Wildman–Crippen MR) is 71.5 cm³/mol. The number of carbonyl (C=O) groups is 2. The van der Waals surface area contributed by atoms with E-state index in [0.717, 1.165) is 22.6 Å². The van der Waals surface area contributed by atoms with Crippen molar-refractivity contribution in [2.24, 2.45) is 16.9 Å². The van der Waals surface area contributed by atoms with Crippen LogP contribution in [0.5, 0.6) is 0 Å². The number of nitrogens with zero attached hydrogens (tertiary/aromatic N) is 3. The van der Waals surface area contributed by atoms with Crippen LogP contribution >= 0.6 is 0 Å². The highest BCUT2D eigenvalue weighted by Gasteiger charge is 2.49. The molecule has 2 unspecified atom stereocenters. The van der Waals surface area contributed by atoms with Gasteiger partial charge in [-0.1, -0.05) is 12.1 Å². The molecule has 20 heavy (non-hydrogen) atoms. The Morgan fingerprint density at radius 2 is 2.10 bits per heavy atom. The van der Waals surface area contributed by atoms with Crippen molar-refractivity contribution in [3.8, 4) is 6.19 Å². The molecule has 1 aliphatic carbocycles. The monoisotopic (exact) mass is 268 g/mol. The third kappa shape index (κ3) is 1.93. The third-order valence-corrected chi connectivity index (χ3v) is 3.60. The SMILES string of the molecule is CC(=O)N(C#N)c1ccc(C2=NNC(=O)C3CC23)cc1. The first-order valence-electron chi connectivity index (χ1n) is 6.30. The van der Waals surface area contributed by atoms with Crippen molar-refractivity contribution in [3.05, 3.63) is 29.8 Å². The molecule has 0 spiro atoms. The summed E-state index contributed by atoms with van der Waals surface area (Å²) in [5.41, 5.74) is 4.82. The van der Waals surface area contributed by atoms with Crippen LogP contribution in [0.3, 0.4) is 0 Å². The lowest BCUT2D eigenvalue weighted by Crippen LogP contribution is -2.28. The fourth-order valence-electron chi connectivity index (χ4n) is 2.44. The van der Waals surface area contributed by atoms with Crippen molar-refractivity contribution in [1.82, 2.24) is 5.43 Å². The number of nitrogens with one attached hydrogen (secondary N) is 1. The van der Waals surface area contributed by atoms with Crippen molar-refractivity contribution in [2.45, 2.75) is 13.3 Å². The number of nitriles is 1. The second-order valence-electron chi connectivity index (χ2n) is 4.92. The molecule has 0 aromatic heterocycles. The summed E-state index contributed by atoms with van der Waals surface area (Å²) in [4.78, 5) is 23.7. The Bertz CT molecular complexity index is 657. The van der Waals surface area contributed by atoms with E-state index in [0.29, 0.717) is 5.69 Å². The van der Waals surface area contributed by atoms with Gasteiger partial charge in [-0.2, -0.15) is 10.4 Å². The molecule has 1 aliphatic heterocycles. The second kappa shape index (κ2) is 4.46. The maximum absolute atomic E-state index is 11.4. The zero-order valence-corrected chi connectivity index (χ0v) is 10.8. The molecule has 0 radical (unpaired) electrons. The van der Waals surface area contributed by atoms with Crippen molar-refractivity contribution >= 4 is 23.2 Å². The average Bonchev–Trinajstić information content (AvgIpc) is 3.22. The molecular weight excluding hydrogens is 256 g/mol. The summed E-state index contributed by atoms with van der Waals surface area (Å²) in [6.45, 7) is 1.34. The first-order valence-corrected chi connectivity index (χ1v) is 6.30. The topological polar surface area (TPSA) is 85.6 Å². The molecule has 100 valence electrons. The van der Waals surface area contributed by atoms with E-state index in [1.807, 2.05) is 18.3 Å². The number of hydrogen-bond acceptors (Lipinski definition) is 4. The number of amides is 2. The van der Waals surface area contributed by atoms with Crippen molar-refractivity contribution < 1.29 is 9.59 Å². The van der Waals surface area contributed by atoms with Gasteiger partial charge in [0.15, 0.2) is 6.19 Å². The second-order valence-corrected chi connectivity index (χ2v) is 4.92. The minimum atomic E-state index is -0.329. The summed E-state index contributed by atoms with van der Waals surface area (Å²) >= 11 is 0. The third-order valence-electron chi connectivity index (χ3n) is 3.60. The molecule has 2 atom stereocenters. The van der Waals surface area contributed by atoms with Crippen LogP contribution in [0.4, 0.5) is 5.69 Å². The molecule has 1 N–H and O–H groups in total. The first-order chi connectivity index (χ1) is 9.61. The highest BCUT2D eigenvalue weighted by atomic mass is 16.2. The van der Waals surface area contributed by atoms with E-state index in [2.05, 4.69) is 10.5 Å². The Morgan fingerprint density at radius 1 is 1.40 bits per heavy atom. The van der Waals surface area contributed by atoms with E-state index in [-0.39, 0.29) is 23.7 Å². The van der Waals surface area contributed by atoms with Gasteiger partial charge in [0.1, 0.15) is 0 Å². The Hall–Kier alpha value is -2.68. The molecule has 6 heteroatoms. The fraction of sp³-hybridized carbons (Fsp3) is 0.286. The smallest absolute Gasteiger partial charge is 0.243 e. The first kappa shape index (κ1) is 12.4. The number of rotatable bonds is 2. The lowest BCUT2D eigenvalue weighted by Gasteiger charge is -2.14. The summed E-state index contributed by atoms with van der Waals surface area (Å²) in [6, 6.07) is 7.04. The Labute approximate surface area is 115 Å². The number of anilines is 1. The van der Waals surface area contributed by atoms with E-state index in [1.165, 1.54) is 6.92 Å². The highest BCUT2D eigenvalue weighted by Crippen LogP contribution is 2.43. The van der Waals surface area contributed by atoms with Gasteiger partial charge in [-0.05, 0) is 24.1 Å². The number of benzene rings is 1. The van der Waals surface area contributed by atoms with Gasteiger partial charge in [-0.3, -0.25) is 9.59 Å². The molecule has 1 fully saturated rings. The average molecular weight is 268 g/mol. The number of carbonyl (C=O) groups excluding carboxylic acids is 2. The fourth-order valence-corrected chi connectivity index (χ4v) is 2.44. The normalized spacial score (nSPS) is 23.0. The summed E-state index contributed by atoms with van der Waals surface area (Å²) < 4.78 is 0. The molecule has 0 bridgehead atoms. The molecule has 1 aromatic rings. The van der Waals surface area contributed by atoms with Crippen LogP contribution in [-0.2, 0) is 9.59 Å². The van der Waals surface area contributed by atoms with Crippen molar-refractivity contribution in [3.63, 3.8) is 0 Å². The minimum Gasteiger partial charge on any atom is -0.274 e. The van der Waals surface area contributed by atoms with Crippen LogP contribution in [-0.4, -0.2) is 17.5 Å². The number of fused-ring (bicyclic) bond motifs is 1. The zero-order valence-electron chi connectivity index (χ0n) is 10.8. The Kier molecular flexibility index (Phi) is 2.75. The Balaban J connectivity index is 1.86. The van der Waals surface area contributed by atoms with Crippen LogP contribution in [0.25, 0.3) is 0 Å². The molecule has 2 amide bonds. The predicted octanol–water partition coefficient (Wildman–Crippen LogP) is 0.991. The van der Waals surface area contributed by atoms with Crippen LogP contribution in [0.1, 0.15) is 18.9 Å². The van der Waals surface area contributed by atoms with Gasteiger partial charge >= 0.3 is 0 Å². The van der Waals surface area contributed by atoms with Crippen LogP contribution in [0.2, 0.25) is 0 Å². The highest BCUT2D eigenvalue weighted by molar-refractivity contribution is 6.09. The summed E-state index contributed by atoms with van der Waals surface area (Å²) in [5.74, 6) is -0.0862. The van der Waals surface area contributed by atoms with Gasteiger partial charge in [-0.15, -0.1) is 0 Å². The molecule has 2 aliphatic rings. The number of hydrazone groups is 1. The molecule has 0 saturated heterocycles. The standard InChI is InChI=1S/C14H12N4O2/c1-8(19)18(7-15)10-4-2-9(3-5-10)13-11-6-12(11)14(20)17-16-13/h2-5,11-12H,6H2,1H3,(H,17,20). The van der Waals surface area contributed by atoms with Crippen molar-refractivity contribution in [2.75, 3.05) is 4.90 Å². The van der Waals surface area contributed by atoms with E-state index in [4.69, 9.17) is 5.26 Å². The van der Waals surface area contributed by atoms with Crippen LogP contribution in [0.15, 0.2) is 29.4 Å². The van der Waals surface area contributed by atoms with Gasteiger partial charge in [0.05, 0.1) is 11.4 Å². The van der Waals surface area contributed by atoms with E-state index in [9.17, 15) is 9.59 Å². The van der Waals surface area contributed by atoms with Gasteiger partial charge in [0.2, 0.25) is 11.8 Å². The molecular formula is C14H12N4O2. The van der Waals surface area contributed by atoms with E-state index < -0.39 is 0 Å². The van der Waals surface area contributed by atoms with Gasteiger partial charge < -0.3 is 0 Å². The van der Waals surface area contributed by atoms with Crippen LogP contribution in [0, 0.1) is 23.3 Å². The summed E-state index contributed by atoms with van der Waals surface area (Å²) in [5, 5.41) is 13.0. The molecule has 6 nitrogen and oxygen atoms in total. The molecule has 3 rings (SSSR count). The van der Waals surface area contributed by atoms with Crippen molar-refractivity contribution in [1.29, 1.82) is 5.26 Å². The van der Waals surface area contributed by atoms with Crippen LogP contribution < -0.4 is 10.3 Å². The summed E-state index contributed by atoms with van der Waals surface area (Å²) in [6.07, 6.45) is 2.67. The van der Waals surface area contributed by atoms with Gasteiger partial charge in [-0.25, -0.2) is 10.3 Å². The lowest BCUT2D eigenvalue weighted by atomic mass is 10.0. The van der Waals surface area contributed by atoms with E-state index in [1.54, 1.807) is 12.1 Å². The van der Waals surface area contributed by atoms with Gasteiger partial charge in [0.25, 0.3) is 0 Å². The maximum Gasteiger partial charge on any atom is 0.243 e. The zero-order chi connectivity index (χ0) is 14.3. The summed E-state index contributed by atoms with van der Waals surface area (Å²) in [7, 11) is 0. The Morgan fingerprint density at radius 3 is 2.70 bits per heavy atom.